The Kier molecular flexibility index (Phi) is 8.50. The Bertz CT molecular complexity index is 868. The van der Waals surface area contributed by atoms with Gasteiger partial charge in [0.15, 0.2) is 0 Å². The third kappa shape index (κ3) is 6.67. The lowest BCUT2D eigenvalue weighted by Gasteiger charge is -2.11. The highest BCUT2D eigenvalue weighted by atomic mass is 32.2. The topological polar surface area (TPSA) is 77.8 Å². The van der Waals surface area contributed by atoms with Crippen LogP contribution in [-0.2, 0) is 15.3 Å². The van der Waals surface area contributed by atoms with Crippen LogP contribution in [0.3, 0.4) is 0 Å². The Morgan fingerprint density at radius 1 is 1.07 bits per heavy atom. The van der Waals surface area contributed by atoms with E-state index in [1.54, 1.807) is 0 Å². The van der Waals surface area contributed by atoms with Crippen LogP contribution in [0.1, 0.15) is 23.1 Å². The summed E-state index contributed by atoms with van der Waals surface area (Å²) in [6.07, 6.45) is 4.62. The summed E-state index contributed by atoms with van der Waals surface area (Å²) in [4.78, 5) is 21.3. The number of nitrogens with zero attached hydrogens (tertiary/aromatic N) is 1. The predicted octanol–water partition coefficient (Wildman–Crippen LogP) is 4.45. The second-order valence-electron chi connectivity index (χ2n) is 6.29. The lowest BCUT2D eigenvalue weighted by atomic mass is 9.95. The van der Waals surface area contributed by atoms with Crippen LogP contribution in [-0.4, -0.2) is 47.7 Å². The van der Waals surface area contributed by atoms with E-state index in [4.69, 9.17) is 10.2 Å². The van der Waals surface area contributed by atoms with Crippen LogP contribution >= 0.6 is 23.1 Å². The van der Waals surface area contributed by atoms with Crippen LogP contribution in [0.4, 0.5) is 0 Å². The maximum Gasteiger partial charge on any atom is 0.328 e. The molecule has 2 heterocycles. The van der Waals surface area contributed by atoms with Gasteiger partial charge in [-0.15, -0.1) is 23.1 Å². The number of rotatable bonds is 5. The van der Waals surface area contributed by atoms with E-state index in [1.807, 2.05) is 23.1 Å². The Labute approximate surface area is 173 Å². The van der Waals surface area contributed by atoms with Gasteiger partial charge in [0.05, 0.1) is 4.21 Å². The first-order chi connectivity index (χ1) is 13.4. The molecule has 2 aromatic rings. The molecular formula is C21H23NO4S2. The van der Waals surface area contributed by atoms with Crippen LogP contribution < -0.4 is 0 Å². The molecule has 148 valence electrons. The van der Waals surface area contributed by atoms with Crippen LogP contribution in [0.25, 0.3) is 5.57 Å². The number of carboxylic acids is 2. The fourth-order valence-corrected chi connectivity index (χ4v) is 4.75. The minimum Gasteiger partial charge on any atom is -0.478 e. The quantitative estimate of drug-likeness (QED) is 0.700. The first kappa shape index (κ1) is 21.9. The lowest BCUT2D eigenvalue weighted by molar-refractivity contribution is -0.134. The van der Waals surface area contributed by atoms with Gasteiger partial charge in [0.1, 0.15) is 0 Å². The number of hydrogen-bond acceptors (Lipinski definition) is 5. The lowest BCUT2D eigenvalue weighted by Crippen LogP contribution is -2.12. The first-order valence-corrected chi connectivity index (χ1v) is 10.5. The van der Waals surface area contributed by atoms with E-state index in [2.05, 4.69) is 60.8 Å². The van der Waals surface area contributed by atoms with Crippen molar-refractivity contribution in [2.45, 2.75) is 16.4 Å². The summed E-state index contributed by atoms with van der Waals surface area (Å²) < 4.78 is 1.46. The van der Waals surface area contributed by atoms with E-state index in [-0.39, 0.29) is 0 Å². The minimum absolute atomic E-state index is 0.558. The van der Waals surface area contributed by atoms with Crippen LogP contribution in [0.5, 0.6) is 0 Å². The smallest absolute Gasteiger partial charge is 0.328 e. The normalized spacial score (nSPS) is 14.2. The summed E-state index contributed by atoms with van der Waals surface area (Å²) in [5.74, 6) is -1.44. The molecule has 2 N–H and O–H groups in total. The van der Waals surface area contributed by atoms with Crippen molar-refractivity contribution in [3.05, 3.63) is 70.6 Å². The van der Waals surface area contributed by atoms with Crippen molar-refractivity contribution in [3.8, 4) is 0 Å². The van der Waals surface area contributed by atoms with Crippen LogP contribution in [0, 0.1) is 0 Å². The zero-order chi connectivity index (χ0) is 20.5. The number of benzene rings is 1. The van der Waals surface area contributed by atoms with Gasteiger partial charge in [0, 0.05) is 30.0 Å². The van der Waals surface area contributed by atoms with Crippen molar-refractivity contribution in [2.75, 3.05) is 20.6 Å². The highest BCUT2D eigenvalue weighted by molar-refractivity contribution is 8.00. The molecule has 3 rings (SSSR count). The molecule has 0 aliphatic carbocycles. The molecule has 1 aliphatic rings. The fourth-order valence-electron chi connectivity index (χ4n) is 2.63. The molecule has 0 atom stereocenters. The van der Waals surface area contributed by atoms with Gasteiger partial charge in [-0.25, -0.2) is 9.59 Å². The average Bonchev–Trinajstić information content (AvgIpc) is 3.05. The summed E-state index contributed by atoms with van der Waals surface area (Å²) in [6.45, 7) is 1.10. The number of aliphatic carboxylic acids is 2. The van der Waals surface area contributed by atoms with Crippen molar-refractivity contribution in [1.29, 1.82) is 0 Å². The fraction of sp³-hybridized carbons (Fsp3) is 0.238. The predicted molar refractivity (Wildman–Crippen MR) is 115 cm³/mol. The Morgan fingerprint density at radius 2 is 1.75 bits per heavy atom. The summed E-state index contributed by atoms with van der Waals surface area (Å²) in [6, 6.07) is 11.1. The molecule has 0 amide bonds. The molecule has 0 saturated carbocycles. The molecule has 0 radical (unpaired) electrons. The molecule has 0 saturated heterocycles. The third-order valence-corrected chi connectivity index (χ3v) is 6.17. The van der Waals surface area contributed by atoms with E-state index in [1.165, 1.54) is 26.5 Å². The highest BCUT2D eigenvalue weighted by Crippen LogP contribution is 2.42. The molecule has 5 nitrogen and oxygen atoms in total. The number of thioether (sulfide) groups is 1. The second kappa shape index (κ2) is 10.8. The molecular weight excluding hydrogens is 394 g/mol. The molecule has 0 spiro atoms. The zero-order valence-corrected chi connectivity index (χ0v) is 17.4. The van der Waals surface area contributed by atoms with Crippen LogP contribution in [0.15, 0.2) is 58.1 Å². The highest BCUT2D eigenvalue weighted by Gasteiger charge is 2.18. The number of carbonyl (C=O) groups is 2. The van der Waals surface area contributed by atoms with Gasteiger partial charge >= 0.3 is 11.9 Å². The molecule has 1 aliphatic heterocycles. The molecule has 1 aromatic heterocycles. The Morgan fingerprint density at radius 3 is 2.39 bits per heavy atom. The van der Waals surface area contributed by atoms with Gasteiger partial charge in [-0.05, 0) is 48.7 Å². The van der Waals surface area contributed by atoms with E-state index in [0.717, 1.165) is 18.7 Å². The van der Waals surface area contributed by atoms with Crippen molar-refractivity contribution in [2.24, 2.45) is 0 Å². The summed E-state index contributed by atoms with van der Waals surface area (Å²) >= 11 is 3.83. The van der Waals surface area contributed by atoms with E-state index >= 15 is 0 Å². The summed E-state index contributed by atoms with van der Waals surface area (Å²) in [5, 5.41) is 17.8. The Hall–Kier alpha value is -2.35. The number of carboxylic acid groups (broad SMARTS) is 2. The third-order valence-electron chi connectivity index (χ3n) is 3.88. The Balaban J connectivity index is 0.000000300. The monoisotopic (exact) mass is 417 g/mol. The van der Waals surface area contributed by atoms with E-state index in [0.29, 0.717) is 12.2 Å². The molecule has 28 heavy (non-hydrogen) atoms. The van der Waals surface area contributed by atoms with Crippen molar-refractivity contribution < 1.29 is 19.8 Å². The average molecular weight is 418 g/mol. The number of thiophene rings is 1. The van der Waals surface area contributed by atoms with E-state index in [9.17, 15) is 9.59 Å². The van der Waals surface area contributed by atoms with Gasteiger partial charge in [0.2, 0.25) is 0 Å². The van der Waals surface area contributed by atoms with Crippen molar-refractivity contribution >= 4 is 40.6 Å². The van der Waals surface area contributed by atoms with Gasteiger partial charge in [0.25, 0.3) is 0 Å². The maximum absolute atomic E-state index is 9.55. The first-order valence-electron chi connectivity index (χ1n) is 8.66. The van der Waals surface area contributed by atoms with Crippen LogP contribution in [0.2, 0.25) is 0 Å². The SMILES string of the molecule is CN(C)CC/C=C1/c2ccccc2CSc2sccc21.O=C(O)/C=C/C(=O)O. The number of hydrogen-bond donors (Lipinski definition) is 2. The maximum atomic E-state index is 9.55. The number of fused-ring (bicyclic) bond motifs is 2. The van der Waals surface area contributed by atoms with Gasteiger partial charge in [-0.3, -0.25) is 0 Å². The summed E-state index contributed by atoms with van der Waals surface area (Å²) in [7, 11) is 4.26. The molecule has 1 aromatic carbocycles. The standard InChI is InChI=1S/C17H19NS2.C4H4O4/c1-18(2)10-5-8-15-14-7-4-3-6-13(14)12-20-17-16(15)9-11-19-17;5-3(6)1-2-4(7)8/h3-4,6-9,11H,5,10,12H2,1-2H3;1-2H,(H,5,6)(H,7,8)/b15-8-;2-1+. The van der Waals surface area contributed by atoms with Gasteiger partial charge < -0.3 is 15.1 Å². The molecule has 0 unspecified atom stereocenters. The zero-order valence-electron chi connectivity index (χ0n) is 15.8. The van der Waals surface area contributed by atoms with Gasteiger partial charge in [-0.2, -0.15) is 0 Å². The molecule has 0 fully saturated rings. The van der Waals surface area contributed by atoms with E-state index < -0.39 is 11.9 Å². The largest absolute Gasteiger partial charge is 0.478 e. The van der Waals surface area contributed by atoms with Gasteiger partial charge in [-0.1, -0.05) is 30.3 Å². The summed E-state index contributed by atoms with van der Waals surface area (Å²) in [5.41, 5.74) is 5.71. The van der Waals surface area contributed by atoms with Crippen molar-refractivity contribution in [1.82, 2.24) is 4.90 Å². The second-order valence-corrected chi connectivity index (χ2v) is 8.45. The van der Waals surface area contributed by atoms with Crippen molar-refractivity contribution in [3.63, 3.8) is 0 Å². The minimum atomic E-state index is -1.26. The molecule has 7 heteroatoms. The molecule has 0 bridgehead atoms.